The van der Waals surface area contributed by atoms with Crippen LogP contribution in [0.3, 0.4) is 0 Å². The summed E-state index contributed by atoms with van der Waals surface area (Å²) in [5.74, 6) is 0. The SMILES string of the molecule is CC(C)(C)CN(CC(C)(C)C)CC(C)(C)C. The Morgan fingerprint density at radius 2 is 0.688 bits per heavy atom. The molecule has 0 aromatic heterocycles. The maximum Gasteiger partial charge on any atom is 0.00305 e. The predicted molar refractivity (Wildman–Crippen MR) is 74.8 cm³/mol. The van der Waals surface area contributed by atoms with Gasteiger partial charge < -0.3 is 4.90 Å². The molecule has 0 aromatic carbocycles. The van der Waals surface area contributed by atoms with E-state index in [1.165, 1.54) is 19.6 Å². The van der Waals surface area contributed by atoms with Gasteiger partial charge in [0.2, 0.25) is 0 Å². The summed E-state index contributed by atoms with van der Waals surface area (Å²) < 4.78 is 0. The van der Waals surface area contributed by atoms with E-state index in [9.17, 15) is 0 Å². The molecule has 0 aliphatic rings. The molecule has 0 spiro atoms. The molecule has 16 heavy (non-hydrogen) atoms. The van der Waals surface area contributed by atoms with Crippen molar-refractivity contribution in [1.29, 1.82) is 0 Å². The fraction of sp³-hybridized carbons (Fsp3) is 1.00. The summed E-state index contributed by atoms with van der Waals surface area (Å²) in [6.07, 6.45) is 0. The Labute approximate surface area is 104 Å². The first-order valence-electron chi connectivity index (χ1n) is 6.51. The first-order chi connectivity index (χ1) is 6.79. The highest BCUT2D eigenvalue weighted by Gasteiger charge is 2.25. The van der Waals surface area contributed by atoms with Crippen molar-refractivity contribution >= 4 is 0 Å². The second-order valence-corrected chi connectivity index (χ2v) is 8.83. The minimum atomic E-state index is 0.385. The number of hydrogen-bond donors (Lipinski definition) is 0. The van der Waals surface area contributed by atoms with E-state index in [1.807, 2.05) is 0 Å². The Kier molecular flexibility index (Phi) is 5.07. The Morgan fingerprint density at radius 3 is 0.812 bits per heavy atom. The zero-order valence-electron chi connectivity index (χ0n) is 13.1. The number of nitrogens with zero attached hydrogens (tertiary/aromatic N) is 1. The van der Waals surface area contributed by atoms with Crippen molar-refractivity contribution in [3.05, 3.63) is 0 Å². The van der Waals surface area contributed by atoms with E-state index in [0.717, 1.165) is 0 Å². The van der Waals surface area contributed by atoms with Crippen LogP contribution in [0, 0.1) is 16.2 Å². The highest BCUT2D eigenvalue weighted by atomic mass is 15.1. The van der Waals surface area contributed by atoms with Gasteiger partial charge in [-0.3, -0.25) is 0 Å². The van der Waals surface area contributed by atoms with Crippen molar-refractivity contribution in [2.45, 2.75) is 62.3 Å². The third-order valence-electron chi connectivity index (χ3n) is 2.09. The zero-order valence-corrected chi connectivity index (χ0v) is 13.1. The van der Waals surface area contributed by atoms with E-state index in [2.05, 4.69) is 67.2 Å². The smallest absolute Gasteiger partial charge is 0.00305 e. The standard InChI is InChI=1S/C15H33N/c1-13(2,3)10-16(11-14(4,5)6)12-15(7,8)9/h10-12H2,1-9H3. The lowest BCUT2D eigenvalue weighted by Crippen LogP contribution is -2.42. The largest absolute Gasteiger partial charge is 0.302 e. The maximum atomic E-state index is 2.62. The first-order valence-corrected chi connectivity index (χ1v) is 6.51. The molecule has 0 bridgehead atoms. The average Bonchev–Trinajstić information content (AvgIpc) is 1.70. The van der Waals surface area contributed by atoms with Gasteiger partial charge in [-0.1, -0.05) is 62.3 Å². The molecular weight excluding hydrogens is 194 g/mol. The summed E-state index contributed by atoms with van der Waals surface area (Å²) in [5, 5.41) is 0. The molecule has 0 radical (unpaired) electrons. The molecule has 0 N–H and O–H groups in total. The maximum absolute atomic E-state index is 2.62. The van der Waals surface area contributed by atoms with Gasteiger partial charge in [-0.15, -0.1) is 0 Å². The average molecular weight is 227 g/mol. The van der Waals surface area contributed by atoms with Crippen LogP contribution in [0.15, 0.2) is 0 Å². The quantitative estimate of drug-likeness (QED) is 0.689. The molecule has 0 fully saturated rings. The minimum Gasteiger partial charge on any atom is -0.302 e. The molecule has 0 rings (SSSR count). The molecule has 0 amide bonds. The normalized spacial score (nSPS) is 14.6. The van der Waals surface area contributed by atoms with Crippen LogP contribution in [0.1, 0.15) is 62.3 Å². The van der Waals surface area contributed by atoms with Crippen LogP contribution in [-0.4, -0.2) is 24.5 Å². The summed E-state index contributed by atoms with van der Waals surface area (Å²) in [6.45, 7) is 24.5. The van der Waals surface area contributed by atoms with E-state index in [4.69, 9.17) is 0 Å². The molecular formula is C15H33N. The van der Waals surface area contributed by atoms with Crippen LogP contribution >= 0.6 is 0 Å². The number of rotatable bonds is 3. The van der Waals surface area contributed by atoms with Crippen molar-refractivity contribution in [3.63, 3.8) is 0 Å². The third-order valence-corrected chi connectivity index (χ3v) is 2.09. The lowest BCUT2D eigenvalue weighted by molar-refractivity contribution is 0.103. The molecule has 0 atom stereocenters. The molecule has 0 saturated carbocycles. The van der Waals surface area contributed by atoms with Crippen molar-refractivity contribution in [2.75, 3.05) is 19.6 Å². The number of hydrogen-bond acceptors (Lipinski definition) is 1. The van der Waals surface area contributed by atoms with E-state index < -0.39 is 0 Å². The molecule has 1 heteroatoms. The second kappa shape index (κ2) is 5.08. The topological polar surface area (TPSA) is 3.24 Å². The van der Waals surface area contributed by atoms with E-state index in [1.54, 1.807) is 0 Å². The third kappa shape index (κ3) is 10.5. The highest BCUT2D eigenvalue weighted by Crippen LogP contribution is 2.24. The second-order valence-electron chi connectivity index (χ2n) is 8.83. The van der Waals surface area contributed by atoms with Crippen molar-refractivity contribution < 1.29 is 0 Å². The minimum absolute atomic E-state index is 0.385. The Bertz CT molecular complexity index is 159. The first kappa shape index (κ1) is 16.0. The summed E-state index contributed by atoms with van der Waals surface area (Å²) in [7, 11) is 0. The fourth-order valence-electron chi connectivity index (χ4n) is 2.18. The van der Waals surface area contributed by atoms with Gasteiger partial charge in [0.15, 0.2) is 0 Å². The van der Waals surface area contributed by atoms with Crippen LogP contribution in [-0.2, 0) is 0 Å². The molecule has 1 nitrogen and oxygen atoms in total. The van der Waals surface area contributed by atoms with Crippen LogP contribution in [0.25, 0.3) is 0 Å². The summed E-state index contributed by atoms with van der Waals surface area (Å²) >= 11 is 0. The van der Waals surface area contributed by atoms with Gasteiger partial charge in [-0.2, -0.15) is 0 Å². The van der Waals surface area contributed by atoms with Crippen LogP contribution in [0.4, 0.5) is 0 Å². The monoisotopic (exact) mass is 227 g/mol. The van der Waals surface area contributed by atoms with Crippen molar-refractivity contribution in [3.8, 4) is 0 Å². The lowest BCUT2D eigenvalue weighted by Gasteiger charge is -2.38. The van der Waals surface area contributed by atoms with Gasteiger partial charge in [0.05, 0.1) is 0 Å². The van der Waals surface area contributed by atoms with Gasteiger partial charge >= 0.3 is 0 Å². The Hall–Kier alpha value is -0.0400. The predicted octanol–water partition coefficient (Wildman–Crippen LogP) is 4.43. The summed E-state index contributed by atoms with van der Waals surface area (Å²) in [4.78, 5) is 2.62. The molecule has 98 valence electrons. The van der Waals surface area contributed by atoms with Gasteiger partial charge in [-0.25, -0.2) is 0 Å². The van der Waals surface area contributed by atoms with Crippen LogP contribution in [0.2, 0.25) is 0 Å². The Balaban J connectivity index is 4.53. The van der Waals surface area contributed by atoms with Crippen LogP contribution < -0.4 is 0 Å². The molecule has 0 saturated heterocycles. The lowest BCUT2D eigenvalue weighted by atomic mass is 9.89. The molecule has 0 heterocycles. The Morgan fingerprint density at radius 1 is 0.500 bits per heavy atom. The van der Waals surface area contributed by atoms with E-state index in [-0.39, 0.29) is 0 Å². The van der Waals surface area contributed by atoms with Crippen molar-refractivity contribution in [2.24, 2.45) is 16.2 Å². The highest BCUT2D eigenvalue weighted by molar-refractivity contribution is 4.78. The van der Waals surface area contributed by atoms with Gasteiger partial charge in [0.25, 0.3) is 0 Å². The van der Waals surface area contributed by atoms with E-state index >= 15 is 0 Å². The molecule has 0 aromatic rings. The van der Waals surface area contributed by atoms with Gasteiger partial charge in [-0.05, 0) is 16.2 Å². The summed E-state index contributed by atoms with van der Waals surface area (Å²) in [5.41, 5.74) is 1.16. The zero-order chi connectivity index (χ0) is 13.2. The van der Waals surface area contributed by atoms with Gasteiger partial charge in [0.1, 0.15) is 0 Å². The molecule has 0 aliphatic heterocycles. The van der Waals surface area contributed by atoms with E-state index in [0.29, 0.717) is 16.2 Å². The molecule has 0 aliphatic carbocycles. The van der Waals surface area contributed by atoms with Crippen LogP contribution in [0.5, 0.6) is 0 Å². The molecule has 0 unspecified atom stereocenters. The fourth-order valence-corrected chi connectivity index (χ4v) is 2.18. The van der Waals surface area contributed by atoms with Crippen molar-refractivity contribution in [1.82, 2.24) is 4.90 Å². The summed E-state index contributed by atoms with van der Waals surface area (Å²) in [6, 6.07) is 0. The van der Waals surface area contributed by atoms with Gasteiger partial charge in [0, 0.05) is 19.6 Å².